The van der Waals surface area contributed by atoms with Crippen LogP contribution in [0.1, 0.15) is 45.7 Å². The minimum atomic E-state index is -2.72. The summed E-state index contributed by atoms with van der Waals surface area (Å²) in [6.45, 7) is 7.72. The van der Waals surface area contributed by atoms with E-state index in [-0.39, 0.29) is 19.3 Å². The molecule has 2 unspecified atom stereocenters. The van der Waals surface area contributed by atoms with Gasteiger partial charge in [0.25, 0.3) is 0 Å². The molecule has 0 spiro atoms. The van der Waals surface area contributed by atoms with Gasteiger partial charge < -0.3 is 19.1 Å². The zero-order valence-electron chi connectivity index (χ0n) is 61.9. The highest BCUT2D eigenvalue weighted by atomic mass is 79.9. The van der Waals surface area contributed by atoms with Crippen molar-refractivity contribution >= 4 is 249 Å². The van der Waals surface area contributed by atoms with Crippen LogP contribution in [0.2, 0.25) is 0 Å². The SMILES string of the molecule is Brc1cc2cc3c(cc2cc1Br)-c1cc2ccccc2c2cccc-3c12.CCOP(C)(=O)Cc1cc(Br)c(Br)cc1CP(C)(=O)OCC.O=C1C(=O)c2cc3ccccc3c3cccc1c23.O[B]O.c1ccc2c(c1)cc1c3cc4cc5c(cc4cc3c3cccc2c31)c1cccc2cccc5c21.c1ccc2ccccc2c1. The normalized spacial score (nSPS) is 13.2. The third-order valence-electron chi connectivity index (χ3n) is 21.7. The Labute approximate surface area is 686 Å². The van der Waals surface area contributed by atoms with Gasteiger partial charge in [-0.3, -0.25) is 18.7 Å². The molecular formula is C98H70BBr4O8P2. The Morgan fingerprint density at radius 3 is 1.01 bits per heavy atom. The highest BCUT2D eigenvalue weighted by Crippen LogP contribution is 2.54. The third-order valence-corrected chi connectivity index (χ3v) is 28.9. The van der Waals surface area contributed by atoms with E-state index >= 15 is 0 Å². The Morgan fingerprint density at radius 1 is 0.274 bits per heavy atom. The van der Waals surface area contributed by atoms with Gasteiger partial charge in [0.15, 0.2) is 0 Å². The second-order valence-corrected chi connectivity index (χ2v) is 37.4. The molecular weight excluding hydrogens is 1700 g/mol. The molecule has 0 aliphatic heterocycles. The van der Waals surface area contributed by atoms with Gasteiger partial charge in [0, 0.05) is 60.1 Å². The van der Waals surface area contributed by atoms with E-state index in [9.17, 15) is 18.7 Å². The van der Waals surface area contributed by atoms with Gasteiger partial charge >= 0.3 is 7.69 Å². The number of hydrogen-bond acceptors (Lipinski definition) is 8. The zero-order valence-corrected chi connectivity index (χ0v) is 70.0. The molecule has 2 aliphatic carbocycles. The second kappa shape index (κ2) is 31.2. The van der Waals surface area contributed by atoms with E-state index in [0.717, 1.165) is 50.6 Å². The van der Waals surface area contributed by atoms with Crippen LogP contribution in [0.15, 0.2) is 309 Å². The maximum Gasteiger partial charge on any atom is 0.482 e. The fraction of sp³-hybridized carbons (Fsp3) is 0.0816. The van der Waals surface area contributed by atoms with Gasteiger partial charge in [-0.1, -0.05) is 212 Å². The van der Waals surface area contributed by atoms with E-state index in [1.165, 1.54) is 152 Å². The van der Waals surface area contributed by atoms with Gasteiger partial charge in [-0.15, -0.1) is 0 Å². The number of ketones is 2. The number of benzene rings is 18. The van der Waals surface area contributed by atoms with Gasteiger partial charge in [0.05, 0.1) is 13.2 Å². The van der Waals surface area contributed by atoms with Crippen molar-refractivity contribution in [3.8, 4) is 22.3 Å². The number of fused-ring (bicyclic) bond motifs is 18. The first-order valence-corrected chi connectivity index (χ1v) is 44.9. The Balaban J connectivity index is 0.000000106. The topological polar surface area (TPSA) is 127 Å². The molecule has 0 bridgehead atoms. The van der Waals surface area contributed by atoms with Crippen LogP contribution in [-0.2, 0) is 30.5 Å². The summed E-state index contributed by atoms with van der Waals surface area (Å²) in [5.41, 5.74) is 8.20. The molecule has 15 heteroatoms. The lowest BCUT2D eigenvalue weighted by Gasteiger charge is -2.19. The summed E-state index contributed by atoms with van der Waals surface area (Å²) in [6.07, 6.45) is 0.627. The van der Waals surface area contributed by atoms with Crippen molar-refractivity contribution in [1.29, 1.82) is 0 Å². The molecule has 551 valence electrons. The van der Waals surface area contributed by atoms with Crippen molar-refractivity contribution in [3.05, 3.63) is 331 Å². The quantitative estimate of drug-likeness (QED) is 0.0667. The molecule has 0 heterocycles. The minimum absolute atomic E-state index is 0. The van der Waals surface area contributed by atoms with E-state index < -0.39 is 14.7 Å². The van der Waals surface area contributed by atoms with Crippen LogP contribution < -0.4 is 0 Å². The summed E-state index contributed by atoms with van der Waals surface area (Å²) in [7, 11) is -5.45. The maximum atomic E-state index is 12.5. The summed E-state index contributed by atoms with van der Waals surface area (Å²) in [4.78, 5) is 23.9. The zero-order chi connectivity index (χ0) is 78.1. The Hall–Kier alpha value is -9.82. The molecule has 22 rings (SSSR count). The first-order valence-electron chi connectivity index (χ1n) is 37.2. The molecule has 0 saturated heterocycles. The fourth-order valence-corrected chi connectivity index (χ4v) is 21.7. The number of hydrogen-bond donors (Lipinski definition) is 2. The summed E-state index contributed by atoms with van der Waals surface area (Å²) < 4.78 is 39.6. The van der Waals surface area contributed by atoms with Crippen LogP contribution in [0.25, 0.3) is 173 Å². The average Bonchev–Trinajstić information content (AvgIpc) is 1.56. The van der Waals surface area contributed by atoms with Crippen LogP contribution >= 0.6 is 78.5 Å². The second-order valence-electron chi connectivity index (χ2n) is 28.8. The smallest absolute Gasteiger partial charge is 0.429 e. The highest BCUT2D eigenvalue weighted by molar-refractivity contribution is 9.13. The highest BCUT2D eigenvalue weighted by Gasteiger charge is 2.32. The summed E-state index contributed by atoms with van der Waals surface area (Å²) in [6, 6.07) is 104. The number of carbonyl (C=O) groups is 2. The van der Waals surface area contributed by atoms with Gasteiger partial charge in [0.2, 0.25) is 26.3 Å². The standard InChI is InChI=1S/C34H18.C24H12Br2.C16H8O2.C14H22Br2O4P2.C10H8.BH2O2/c1-2-9-23-20(6-1)14-32-31-18-22-16-29-26-11-4-8-19-7-3-10-25(33(19)26)28(29)15-21(22)17-30(31)27-13-5-12-24(23)34(27)32;25-22-11-14-9-19-18-7-3-6-17-16-5-2-1-4-13(16)8-21(24(17)18)20(19)10-15(14)12-23(22)26;17-15-12-7-3-6-11-10-5-2-1-4-9(10)8-13(14(11)12)16(15)18;1-5-19-21(3,17)9-11-7-13(15)14(16)8-12(11)10-22(4,18)20-6-2;1-2-6-10-8-4-3-7-9(10)5-1;2-1-3/h1-18H;1-12H;1-8H;7-8H,5-6,9-10H2,1-4H3;1-8H;2-3H. The molecule has 20 aromatic rings. The molecule has 2 atom stereocenters. The third kappa shape index (κ3) is 14.2. The predicted octanol–water partition coefficient (Wildman–Crippen LogP) is 28.9. The Morgan fingerprint density at radius 2 is 0.558 bits per heavy atom. The van der Waals surface area contributed by atoms with E-state index in [2.05, 4.69) is 294 Å². The van der Waals surface area contributed by atoms with Gasteiger partial charge in [-0.25, -0.2) is 0 Å². The van der Waals surface area contributed by atoms with E-state index in [1.54, 1.807) is 19.4 Å². The lowest BCUT2D eigenvalue weighted by atomic mass is 9.96. The average molecular weight is 1770 g/mol. The van der Waals surface area contributed by atoms with Crippen molar-refractivity contribution in [2.45, 2.75) is 26.2 Å². The minimum Gasteiger partial charge on any atom is -0.429 e. The molecule has 0 aromatic heterocycles. The molecule has 1 radical (unpaired) electrons. The molecule has 0 amide bonds. The van der Waals surface area contributed by atoms with Gasteiger partial charge in [-0.05, 0) is 335 Å². The fourth-order valence-electron chi connectivity index (χ4n) is 17.1. The van der Waals surface area contributed by atoms with Crippen LogP contribution in [0.4, 0.5) is 0 Å². The van der Waals surface area contributed by atoms with Crippen molar-refractivity contribution in [3.63, 3.8) is 0 Å². The first-order chi connectivity index (χ1) is 54.8. The van der Waals surface area contributed by atoms with E-state index in [0.29, 0.717) is 36.7 Å². The molecule has 113 heavy (non-hydrogen) atoms. The number of halogens is 4. The first kappa shape index (κ1) is 75.8. The molecule has 2 aliphatic rings. The number of Topliss-reactive ketones (excluding diaryl/α,β-unsaturated/α-hetero) is 2. The van der Waals surface area contributed by atoms with Crippen molar-refractivity contribution in [1.82, 2.24) is 0 Å². The Bertz CT molecular complexity index is 7270. The lowest BCUT2D eigenvalue weighted by Crippen LogP contribution is -2.05. The monoisotopic (exact) mass is 1760 g/mol. The van der Waals surface area contributed by atoms with Gasteiger partial charge in [0.1, 0.15) is 0 Å². The molecule has 0 fully saturated rings. The molecule has 20 aromatic carbocycles. The molecule has 0 saturated carbocycles. The molecule has 2 N–H and O–H groups in total. The van der Waals surface area contributed by atoms with E-state index in [4.69, 9.17) is 19.1 Å². The van der Waals surface area contributed by atoms with Crippen LogP contribution in [0, 0.1) is 0 Å². The van der Waals surface area contributed by atoms with Crippen molar-refractivity contribution < 1.29 is 37.8 Å². The van der Waals surface area contributed by atoms with Crippen LogP contribution in [0.5, 0.6) is 0 Å². The number of rotatable bonds is 8. The lowest BCUT2D eigenvalue weighted by molar-refractivity contribution is 0.0825. The molecule has 8 nitrogen and oxygen atoms in total. The van der Waals surface area contributed by atoms with Crippen molar-refractivity contribution in [2.75, 3.05) is 26.5 Å². The summed E-state index contributed by atoms with van der Waals surface area (Å²) >= 11 is 14.2. The predicted molar refractivity (Wildman–Crippen MR) is 491 cm³/mol. The van der Waals surface area contributed by atoms with Crippen LogP contribution in [-0.4, -0.2) is 55.8 Å². The van der Waals surface area contributed by atoms with Crippen molar-refractivity contribution in [2.24, 2.45) is 0 Å². The maximum absolute atomic E-state index is 12.5. The Kier molecular flexibility index (Phi) is 20.9. The largest absolute Gasteiger partial charge is 0.482 e. The summed E-state index contributed by atoms with van der Waals surface area (Å²) in [5.74, 6) is -0.766. The summed E-state index contributed by atoms with van der Waals surface area (Å²) in [5, 5.41) is 50.0. The van der Waals surface area contributed by atoms with Gasteiger partial charge in [-0.2, -0.15) is 0 Å². The van der Waals surface area contributed by atoms with E-state index in [1.807, 2.05) is 68.4 Å². The number of carbonyl (C=O) groups excluding carboxylic acids is 2. The van der Waals surface area contributed by atoms with Crippen LogP contribution in [0.3, 0.4) is 0 Å².